The van der Waals surface area contributed by atoms with Gasteiger partial charge in [0.1, 0.15) is 4.10 Å². The second-order valence-corrected chi connectivity index (χ2v) is 3.46. The third-order valence-corrected chi connectivity index (χ3v) is 2.72. The van der Waals surface area contributed by atoms with Gasteiger partial charge in [-0.2, -0.15) is 0 Å². The van der Waals surface area contributed by atoms with Crippen LogP contribution in [0.3, 0.4) is 0 Å². The number of ether oxygens (including phenoxy) is 1. The van der Waals surface area contributed by atoms with E-state index in [1.165, 1.54) is 7.11 Å². The van der Waals surface area contributed by atoms with Crippen molar-refractivity contribution in [2.45, 2.75) is 17.9 Å². The third-order valence-electron chi connectivity index (χ3n) is 0.962. The van der Waals surface area contributed by atoms with Crippen LogP contribution in [-0.4, -0.2) is 31.6 Å². The van der Waals surface area contributed by atoms with E-state index in [9.17, 15) is 4.79 Å². The summed E-state index contributed by atoms with van der Waals surface area (Å²) >= 11 is -0.525. The van der Waals surface area contributed by atoms with E-state index in [4.69, 9.17) is 0 Å². The van der Waals surface area contributed by atoms with Crippen molar-refractivity contribution in [3.05, 3.63) is 0 Å². The first-order valence-corrected chi connectivity index (χ1v) is 4.58. The van der Waals surface area contributed by atoms with Gasteiger partial charge in [-0.05, 0) is 0 Å². The zero-order valence-electron chi connectivity index (χ0n) is 5.85. The highest BCUT2D eigenvalue weighted by Gasteiger charge is 2.03. The van der Waals surface area contributed by atoms with Gasteiger partial charge in [-0.15, -0.1) is 21.5 Å². The lowest BCUT2D eigenvalue weighted by Crippen LogP contribution is -2.07. The molecule has 4 heteroatoms. The van der Waals surface area contributed by atoms with Crippen molar-refractivity contribution in [2.24, 2.45) is 0 Å². The smallest absolute Gasteiger partial charge is 0.495 e. The average molecular weight is 207 g/mol. The van der Waals surface area contributed by atoms with Gasteiger partial charge in [0.25, 0.3) is 0 Å². The van der Waals surface area contributed by atoms with Crippen molar-refractivity contribution < 1.29 is 9.53 Å². The fraction of sp³-hybridized carbons (Fsp3) is 0.800. The van der Waals surface area contributed by atoms with Gasteiger partial charge < -0.3 is 4.74 Å². The number of carbonyl (C=O) groups excluding carboxylic acids is 1. The molecule has 0 amide bonds. The van der Waals surface area contributed by atoms with Gasteiger partial charge in [0.05, 0.1) is 7.11 Å². The molecule has 9 heavy (non-hydrogen) atoms. The Hall–Kier alpha value is 0.716. The molecule has 2 nitrogen and oxygen atoms in total. The molecule has 0 aliphatic rings. The van der Waals surface area contributed by atoms with Crippen LogP contribution >= 0.6 is 17.0 Å². The Morgan fingerprint density at radius 3 is 2.56 bits per heavy atom. The van der Waals surface area contributed by atoms with Gasteiger partial charge in [-0.3, -0.25) is 4.79 Å². The molecule has 0 atom stereocenters. The van der Waals surface area contributed by atoms with E-state index in [0.717, 1.165) is 11.0 Å². The van der Waals surface area contributed by atoms with Gasteiger partial charge in [0.15, 0.2) is 0 Å². The molecule has 0 fully saturated rings. The van der Waals surface area contributed by atoms with Crippen LogP contribution in [0.5, 0.6) is 0 Å². The third kappa shape index (κ3) is 8.72. The first-order valence-electron chi connectivity index (χ1n) is 2.88. The van der Waals surface area contributed by atoms with Crippen molar-refractivity contribution >= 4 is 41.4 Å². The lowest BCUT2D eigenvalue weighted by Gasteiger charge is -1.92. The highest BCUT2D eigenvalue weighted by atomic mass is 79.9. The van der Waals surface area contributed by atoms with Crippen molar-refractivity contribution in [1.82, 2.24) is 0 Å². The number of hydrogen-bond donors (Lipinski definition) is 0. The molecule has 0 spiro atoms. The van der Waals surface area contributed by atoms with Crippen LogP contribution < -0.4 is 0 Å². The molecular formula is C5H11BrMgO2. The highest BCUT2D eigenvalue weighted by molar-refractivity contribution is 8.93. The van der Waals surface area contributed by atoms with Crippen LogP contribution in [-0.2, 0) is 4.74 Å². The fourth-order valence-electron chi connectivity index (χ4n) is 0.423. The first-order chi connectivity index (χ1) is 3.81. The minimum absolute atomic E-state index is 0. The molecule has 0 saturated heterocycles. The predicted octanol–water partition coefficient (Wildman–Crippen LogP) is 1.86. The highest BCUT2D eigenvalue weighted by Crippen LogP contribution is 1.86. The van der Waals surface area contributed by atoms with E-state index in [1.54, 1.807) is 0 Å². The molecular weight excluding hydrogens is 196 g/mol. The number of rotatable bonds is 3. The Bertz CT molecular complexity index is 77.4. The van der Waals surface area contributed by atoms with Gasteiger partial charge in [-0.1, -0.05) is 13.3 Å². The van der Waals surface area contributed by atoms with E-state index >= 15 is 0 Å². The Balaban J connectivity index is 0. The van der Waals surface area contributed by atoms with Crippen LogP contribution in [0.1, 0.15) is 13.3 Å². The summed E-state index contributed by atoms with van der Waals surface area (Å²) in [6.45, 7) is 2.08. The Kier molecular flexibility index (Phi) is 12.0. The van der Waals surface area contributed by atoms with E-state index in [0.29, 0.717) is 0 Å². The second-order valence-electron chi connectivity index (χ2n) is 1.68. The summed E-state index contributed by atoms with van der Waals surface area (Å²) in [6.07, 6.45) is 1.11. The molecule has 0 unspecified atom stereocenters. The van der Waals surface area contributed by atoms with Crippen LogP contribution in [0, 0.1) is 0 Å². The summed E-state index contributed by atoms with van der Waals surface area (Å²) in [5.74, 6) is 0. The van der Waals surface area contributed by atoms with E-state index < -0.39 is 20.4 Å². The van der Waals surface area contributed by atoms with Crippen molar-refractivity contribution in [1.29, 1.82) is 0 Å². The maximum atomic E-state index is 10.4. The number of carbonyl (C=O) groups is 1. The van der Waals surface area contributed by atoms with Crippen LogP contribution in [0.4, 0.5) is 4.79 Å². The average Bonchev–Trinajstić information content (AvgIpc) is 1.83. The molecule has 52 valence electrons. The van der Waals surface area contributed by atoms with E-state index in [-0.39, 0.29) is 21.1 Å². The molecule has 0 aliphatic heterocycles. The molecule has 0 aliphatic carbocycles. The SMILES string of the molecule is Br.CC[CH2][Mg][C](=O)OC. The number of hydrogen-bond acceptors (Lipinski definition) is 2. The summed E-state index contributed by atoms with van der Waals surface area (Å²) in [6, 6.07) is 0. The van der Waals surface area contributed by atoms with Gasteiger partial charge in [0, 0.05) is 0 Å². The van der Waals surface area contributed by atoms with Gasteiger partial charge in [-0.25, -0.2) is 0 Å². The largest absolute Gasteiger partial charge is 0.536 e. The zero-order valence-corrected chi connectivity index (χ0v) is 8.97. The second kappa shape index (κ2) is 8.72. The fourth-order valence-corrected chi connectivity index (χ4v) is 1.27. The summed E-state index contributed by atoms with van der Waals surface area (Å²) in [5.41, 5.74) is 0. The Morgan fingerprint density at radius 1 is 1.67 bits per heavy atom. The number of methoxy groups -OCH3 is 1. The summed E-state index contributed by atoms with van der Waals surface area (Å²) < 4.78 is 5.59. The monoisotopic (exact) mass is 206 g/mol. The normalized spacial score (nSPS) is 6.89. The van der Waals surface area contributed by atoms with Gasteiger partial charge in [0.2, 0.25) is 0 Å². The molecule has 0 aromatic heterocycles. The van der Waals surface area contributed by atoms with Crippen molar-refractivity contribution in [2.75, 3.05) is 7.11 Å². The maximum Gasteiger partial charge on any atom is 0.536 e. The van der Waals surface area contributed by atoms with E-state index in [1.807, 2.05) is 0 Å². The van der Waals surface area contributed by atoms with Crippen molar-refractivity contribution in [3.8, 4) is 0 Å². The van der Waals surface area contributed by atoms with Crippen molar-refractivity contribution in [3.63, 3.8) is 0 Å². The standard InChI is InChI=1S/C3H7.C2H3O2.BrH.Mg/c1-3-2;1-4-2-3;;/h1,3H2,2H3;1H3;1H;. The first kappa shape index (κ1) is 12.4. The molecule has 0 aromatic carbocycles. The molecule has 0 rings (SSSR count). The summed E-state index contributed by atoms with van der Waals surface area (Å²) in [7, 11) is 1.45. The summed E-state index contributed by atoms with van der Waals surface area (Å²) in [5, 5.41) is 0. The molecule has 0 bridgehead atoms. The molecule has 0 aromatic rings. The van der Waals surface area contributed by atoms with E-state index in [2.05, 4.69) is 11.7 Å². The Morgan fingerprint density at radius 2 is 2.22 bits per heavy atom. The zero-order chi connectivity index (χ0) is 6.41. The molecule has 0 N–H and O–H groups in total. The van der Waals surface area contributed by atoms with Crippen LogP contribution in [0.15, 0.2) is 0 Å². The topological polar surface area (TPSA) is 26.3 Å². The molecule has 0 saturated carbocycles. The quantitative estimate of drug-likeness (QED) is 0.660. The summed E-state index contributed by atoms with van der Waals surface area (Å²) in [4.78, 5) is 10.4. The van der Waals surface area contributed by atoms with Crippen LogP contribution in [0.25, 0.3) is 0 Å². The molecule has 0 heterocycles. The lowest BCUT2D eigenvalue weighted by molar-refractivity contribution is 0.197. The minimum Gasteiger partial charge on any atom is -0.495 e. The lowest BCUT2D eigenvalue weighted by atomic mass is 10.6. The predicted molar refractivity (Wildman–Crippen MR) is 43.6 cm³/mol. The van der Waals surface area contributed by atoms with Crippen LogP contribution in [0.2, 0.25) is 4.55 Å². The molecule has 0 radical (unpaired) electrons. The Labute approximate surface area is 75.8 Å². The number of halogens is 1. The maximum absolute atomic E-state index is 10.4. The minimum atomic E-state index is -0.525. The van der Waals surface area contributed by atoms with Gasteiger partial charge >= 0.3 is 20.4 Å².